The third-order valence-electron chi connectivity index (χ3n) is 4.41. The van der Waals surface area contributed by atoms with Crippen LogP contribution < -0.4 is 15.5 Å². The van der Waals surface area contributed by atoms with E-state index in [0.29, 0.717) is 33.3 Å². The molecule has 0 aliphatic carbocycles. The van der Waals surface area contributed by atoms with Crippen LogP contribution in [0.5, 0.6) is 5.75 Å². The number of anilines is 1. The van der Waals surface area contributed by atoms with Gasteiger partial charge in [-0.25, -0.2) is 5.43 Å². The average molecular weight is 456 g/mol. The molecule has 0 aliphatic rings. The number of hydrazone groups is 1. The minimum absolute atomic E-state index is 0.275. The molecule has 2 N–H and O–H groups in total. The van der Waals surface area contributed by atoms with Gasteiger partial charge in [-0.2, -0.15) is 5.10 Å². The van der Waals surface area contributed by atoms with Crippen LogP contribution in [-0.2, 0) is 0 Å². The third kappa shape index (κ3) is 5.84. The maximum atomic E-state index is 12.4. The van der Waals surface area contributed by atoms with Crippen LogP contribution in [0.4, 0.5) is 5.69 Å². The molecule has 3 aromatic rings. The van der Waals surface area contributed by atoms with E-state index < -0.39 is 0 Å². The number of nitrogens with zero attached hydrogens (tertiary/aromatic N) is 1. The molecular formula is C23H19Cl2N3O3. The molecule has 2 amide bonds. The predicted molar refractivity (Wildman–Crippen MR) is 124 cm³/mol. The Kier molecular flexibility index (Phi) is 7.28. The van der Waals surface area contributed by atoms with Crippen molar-refractivity contribution in [1.29, 1.82) is 0 Å². The highest BCUT2D eigenvalue weighted by Crippen LogP contribution is 2.22. The first-order chi connectivity index (χ1) is 14.9. The summed E-state index contributed by atoms with van der Waals surface area (Å²) in [6.45, 7) is 1.77. The molecule has 31 heavy (non-hydrogen) atoms. The molecule has 0 aromatic heterocycles. The van der Waals surface area contributed by atoms with E-state index in [1.807, 2.05) is 0 Å². The first-order valence-electron chi connectivity index (χ1n) is 9.23. The average Bonchev–Trinajstić information content (AvgIpc) is 2.77. The smallest absolute Gasteiger partial charge is 0.271 e. The van der Waals surface area contributed by atoms with Gasteiger partial charge in [0.05, 0.1) is 23.4 Å². The fourth-order valence-corrected chi connectivity index (χ4v) is 3.17. The molecule has 6 nitrogen and oxygen atoms in total. The molecule has 3 rings (SSSR count). The fraction of sp³-hybridized carbons (Fsp3) is 0.0870. The standard InChI is InChI=1S/C23H19Cl2N3O3/c1-14(27-28-22(29)16-5-10-19(31-2)11-6-16)15-3-8-18(9-4-15)26-23(30)20-12-7-17(24)13-21(20)25/h3-13H,1-2H3,(H,26,30)(H,28,29)/b27-14+. The molecule has 3 aromatic carbocycles. The number of benzene rings is 3. The number of carbonyl (C=O) groups is 2. The van der Waals surface area contributed by atoms with Crippen molar-refractivity contribution in [3.63, 3.8) is 0 Å². The summed E-state index contributed by atoms with van der Waals surface area (Å²) in [7, 11) is 1.56. The van der Waals surface area contributed by atoms with Crippen LogP contribution in [0.25, 0.3) is 0 Å². The lowest BCUT2D eigenvalue weighted by Crippen LogP contribution is -2.19. The zero-order valence-corrected chi connectivity index (χ0v) is 18.3. The van der Waals surface area contributed by atoms with Crippen molar-refractivity contribution in [1.82, 2.24) is 5.43 Å². The van der Waals surface area contributed by atoms with Crippen molar-refractivity contribution < 1.29 is 14.3 Å². The van der Waals surface area contributed by atoms with Gasteiger partial charge >= 0.3 is 0 Å². The van der Waals surface area contributed by atoms with E-state index in [1.54, 1.807) is 74.7 Å². The Bertz CT molecular complexity index is 1130. The van der Waals surface area contributed by atoms with Crippen molar-refractivity contribution >= 4 is 46.4 Å². The van der Waals surface area contributed by atoms with Crippen molar-refractivity contribution in [3.8, 4) is 5.75 Å². The summed E-state index contributed by atoms with van der Waals surface area (Å²) >= 11 is 11.9. The Balaban J connectivity index is 1.63. The SMILES string of the molecule is COc1ccc(C(=O)N/N=C(\C)c2ccc(NC(=O)c3ccc(Cl)cc3Cl)cc2)cc1. The highest BCUT2D eigenvalue weighted by atomic mass is 35.5. The van der Waals surface area contributed by atoms with Crippen LogP contribution >= 0.6 is 23.2 Å². The zero-order chi connectivity index (χ0) is 22.4. The number of halogens is 2. The van der Waals surface area contributed by atoms with E-state index in [2.05, 4.69) is 15.8 Å². The number of carbonyl (C=O) groups excluding carboxylic acids is 2. The molecule has 0 saturated carbocycles. The van der Waals surface area contributed by atoms with E-state index >= 15 is 0 Å². The van der Waals surface area contributed by atoms with Crippen molar-refractivity contribution in [2.75, 3.05) is 12.4 Å². The second kappa shape index (κ2) is 10.1. The van der Waals surface area contributed by atoms with Crippen LogP contribution in [0, 0.1) is 0 Å². The van der Waals surface area contributed by atoms with Gasteiger partial charge < -0.3 is 10.1 Å². The molecular weight excluding hydrogens is 437 g/mol. The number of rotatable bonds is 6. The number of hydrogen-bond donors (Lipinski definition) is 2. The summed E-state index contributed by atoms with van der Waals surface area (Å²) in [5.74, 6) is -0.000892. The molecule has 0 radical (unpaired) electrons. The van der Waals surface area contributed by atoms with Gasteiger partial charge in [0.1, 0.15) is 5.75 Å². The Morgan fingerprint density at radius 2 is 1.52 bits per heavy atom. The van der Waals surface area contributed by atoms with Crippen molar-refractivity contribution in [3.05, 3.63) is 93.5 Å². The van der Waals surface area contributed by atoms with Crippen molar-refractivity contribution in [2.45, 2.75) is 6.92 Å². The van der Waals surface area contributed by atoms with Crippen molar-refractivity contribution in [2.24, 2.45) is 5.10 Å². The minimum atomic E-state index is -0.341. The van der Waals surface area contributed by atoms with Gasteiger partial charge in [-0.05, 0) is 67.1 Å². The van der Waals surface area contributed by atoms with Gasteiger partial charge in [0.15, 0.2) is 0 Å². The molecule has 0 atom stereocenters. The zero-order valence-electron chi connectivity index (χ0n) is 16.8. The lowest BCUT2D eigenvalue weighted by Gasteiger charge is -2.08. The predicted octanol–water partition coefficient (Wildman–Crippen LogP) is 5.41. The van der Waals surface area contributed by atoms with E-state index in [-0.39, 0.29) is 16.8 Å². The molecule has 0 bridgehead atoms. The Labute approximate surface area is 189 Å². The summed E-state index contributed by atoms with van der Waals surface area (Å²) in [6.07, 6.45) is 0. The Morgan fingerprint density at radius 1 is 0.871 bits per heavy atom. The maximum absolute atomic E-state index is 12.4. The molecule has 0 heterocycles. The molecule has 0 fully saturated rings. The number of nitrogens with one attached hydrogen (secondary N) is 2. The highest BCUT2D eigenvalue weighted by Gasteiger charge is 2.11. The molecule has 0 saturated heterocycles. The van der Waals surface area contributed by atoms with Crippen LogP contribution in [0.3, 0.4) is 0 Å². The lowest BCUT2D eigenvalue weighted by molar-refractivity contribution is 0.0954. The van der Waals surface area contributed by atoms with Gasteiger partial charge in [-0.15, -0.1) is 0 Å². The van der Waals surface area contributed by atoms with Crippen LogP contribution in [0.1, 0.15) is 33.2 Å². The summed E-state index contributed by atoms with van der Waals surface area (Å²) in [5, 5.41) is 7.65. The summed E-state index contributed by atoms with van der Waals surface area (Å²) in [4.78, 5) is 24.6. The topological polar surface area (TPSA) is 79.8 Å². The highest BCUT2D eigenvalue weighted by molar-refractivity contribution is 6.37. The summed E-state index contributed by atoms with van der Waals surface area (Å²) in [5.41, 5.74) is 5.32. The van der Waals surface area contributed by atoms with E-state index in [0.717, 1.165) is 5.56 Å². The molecule has 0 spiro atoms. The molecule has 8 heteroatoms. The molecule has 158 valence electrons. The van der Waals surface area contributed by atoms with Gasteiger partial charge in [0, 0.05) is 16.3 Å². The van der Waals surface area contributed by atoms with Crippen LogP contribution in [0.15, 0.2) is 71.8 Å². The van der Waals surface area contributed by atoms with Gasteiger partial charge in [-0.3, -0.25) is 9.59 Å². The number of amides is 2. The van der Waals surface area contributed by atoms with E-state index in [9.17, 15) is 9.59 Å². The second-order valence-electron chi connectivity index (χ2n) is 6.52. The number of methoxy groups -OCH3 is 1. The van der Waals surface area contributed by atoms with E-state index in [4.69, 9.17) is 27.9 Å². The lowest BCUT2D eigenvalue weighted by atomic mass is 10.1. The fourth-order valence-electron chi connectivity index (χ4n) is 2.67. The van der Waals surface area contributed by atoms with Crippen LogP contribution in [-0.4, -0.2) is 24.6 Å². The number of ether oxygens (including phenoxy) is 1. The first-order valence-corrected chi connectivity index (χ1v) is 9.98. The normalized spacial score (nSPS) is 11.0. The van der Waals surface area contributed by atoms with Crippen LogP contribution in [0.2, 0.25) is 10.0 Å². The Morgan fingerprint density at radius 3 is 2.13 bits per heavy atom. The second-order valence-corrected chi connectivity index (χ2v) is 7.37. The summed E-state index contributed by atoms with van der Waals surface area (Å²) in [6, 6.07) is 18.5. The summed E-state index contributed by atoms with van der Waals surface area (Å²) < 4.78 is 5.08. The van der Waals surface area contributed by atoms with Gasteiger partial charge in [-0.1, -0.05) is 35.3 Å². The monoisotopic (exact) mass is 455 g/mol. The quantitative estimate of drug-likeness (QED) is 0.385. The molecule has 0 aliphatic heterocycles. The largest absolute Gasteiger partial charge is 0.497 e. The van der Waals surface area contributed by atoms with Gasteiger partial charge in [0.2, 0.25) is 0 Å². The molecule has 0 unspecified atom stereocenters. The Hall–Kier alpha value is -3.35. The third-order valence-corrected chi connectivity index (χ3v) is 4.96. The van der Waals surface area contributed by atoms with Gasteiger partial charge in [0.25, 0.3) is 11.8 Å². The minimum Gasteiger partial charge on any atom is -0.497 e. The first kappa shape index (κ1) is 22.3. The maximum Gasteiger partial charge on any atom is 0.271 e. The number of hydrogen-bond acceptors (Lipinski definition) is 4. The van der Waals surface area contributed by atoms with E-state index in [1.165, 1.54) is 6.07 Å².